The first-order valence-corrected chi connectivity index (χ1v) is 17.0. The smallest absolute Gasteiger partial charge is 0.242 e. The number of sulfone groups is 1. The fourth-order valence-corrected chi connectivity index (χ4v) is 6.02. The van der Waals surface area contributed by atoms with E-state index in [0.717, 1.165) is 22.5 Å². The molecule has 1 aromatic heterocycles. The molecule has 2 heterocycles. The van der Waals surface area contributed by atoms with E-state index in [-0.39, 0.29) is 23.3 Å². The molecule has 0 saturated carbocycles. The van der Waals surface area contributed by atoms with Gasteiger partial charge in [0, 0.05) is 56.8 Å². The first-order chi connectivity index (χ1) is 22.2. The predicted molar refractivity (Wildman–Crippen MR) is 174 cm³/mol. The van der Waals surface area contributed by atoms with Gasteiger partial charge in [-0.1, -0.05) is 42.5 Å². The Labute approximate surface area is 269 Å². The van der Waals surface area contributed by atoms with E-state index < -0.39 is 15.9 Å². The largest absolute Gasteiger partial charge is 0.493 e. The number of imidazole rings is 1. The van der Waals surface area contributed by atoms with Gasteiger partial charge in [0.2, 0.25) is 11.8 Å². The van der Waals surface area contributed by atoms with E-state index in [4.69, 9.17) is 9.47 Å². The summed E-state index contributed by atoms with van der Waals surface area (Å²) in [5.41, 5.74) is 2.63. The maximum absolute atomic E-state index is 13.5. The highest BCUT2D eigenvalue weighted by atomic mass is 32.2. The normalized spacial score (nSPS) is 17.0. The SMILES string of the molecule is COc1ccc2cc1OCCCN(Cc1ccc(S(C)(=O)=O)cc1)CC(=O)N[C@@H](Cc1ccccc1)C(=O)NCCn1ccnc1-2. The van der Waals surface area contributed by atoms with Gasteiger partial charge >= 0.3 is 0 Å². The number of hydrogen-bond acceptors (Lipinski definition) is 8. The Morgan fingerprint density at radius 2 is 1.78 bits per heavy atom. The van der Waals surface area contributed by atoms with Gasteiger partial charge < -0.3 is 24.7 Å². The number of aromatic nitrogens is 2. The number of carbonyl (C=O) groups excluding carboxylic acids is 2. The van der Waals surface area contributed by atoms with Gasteiger partial charge in [-0.25, -0.2) is 13.4 Å². The molecule has 0 fully saturated rings. The lowest BCUT2D eigenvalue weighted by Gasteiger charge is -2.25. The number of nitrogens with one attached hydrogen (secondary N) is 2. The molecule has 0 radical (unpaired) electrons. The Balaban J connectivity index is 1.41. The molecular formula is C34H39N5O6S. The first-order valence-electron chi connectivity index (χ1n) is 15.1. The summed E-state index contributed by atoms with van der Waals surface area (Å²) < 4.78 is 37.6. The highest BCUT2D eigenvalue weighted by Gasteiger charge is 2.23. The Hall–Kier alpha value is -4.68. The molecule has 3 aromatic carbocycles. The highest BCUT2D eigenvalue weighted by molar-refractivity contribution is 7.90. The van der Waals surface area contributed by atoms with Crippen LogP contribution < -0.4 is 20.1 Å². The average Bonchev–Trinajstić information content (AvgIpc) is 3.51. The van der Waals surface area contributed by atoms with Gasteiger partial charge in [0.25, 0.3) is 0 Å². The third kappa shape index (κ3) is 8.73. The van der Waals surface area contributed by atoms with Crippen LogP contribution in [0.5, 0.6) is 11.5 Å². The van der Waals surface area contributed by atoms with E-state index in [1.54, 1.807) is 37.6 Å². The fourth-order valence-electron chi connectivity index (χ4n) is 5.39. The molecule has 2 bridgehead atoms. The van der Waals surface area contributed by atoms with Gasteiger partial charge in [0.1, 0.15) is 11.9 Å². The van der Waals surface area contributed by atoms with Crippen molar-refractivity contribution in [1.29, 1.82) is 0 Å². The molecule has 4 aromatic rings. The molecule has 46 heavy (non-hydrogen) atoms. The van der Waals surface area contributed by atoms with Crippen LogP contribution in [-0.4, -0.2) is 80.3 Å². The number of methoxy groups -OCH3 is 1. The molecule has 0 spiro atoms. The van der Waals surface area contributed by atoms with E-state index in [9.17, 15) is 18.0 Å². The van der Waals surface area contributed by atoms with Gasteiger partial charge in [-0.3, -0.25) is 14.5 Å². The molecule has 1 aliphatic rings. The van der Waals surface area contributed by atoms with E-state index in [0.29, 0.717) is 57.1 Å². The minimum Gasteiger partial charge on any atom is -0.493 e. The summed E-state index contributed by atoms with van der Waals surface area (Å²) in [4.78, 5) is 33.7. The Morgan fingerprint density at radius 3 is 2.52 bits per heavy atom. The third-order valence-corrected chi connectivity index (χ3v) is 8.85. The van der Waals surface area contributed by atoms with Crippen LogP contribution in [0.2, 0.25) is 0 Å². The monoisotopic (exact) mass is 645 g/mol. The Kier molecular flexibility index (Phi) is 10.7. The number of carbonyl (C=O) groups is 2. The zero-order chi connectivity index (χ0) is 32.5. The van der Waals surface area contributed by atoms with Crippen LogP contribution in [0.3, 0.4) is 0 Å². The molecule has 242 valence electrons. The van der Waals surface area contributed by atoms with E-state index >= 15 is 0 Å². The minimum atomic E-state index is -3.33. The lowest BCUT2D eigenvalue weighted by atomic mass is 10.1. The summed E-state index contributed by atoms with van der Waals surface area (Å²) in [5.74, 6) is 1.33. The van der Waals surface area contributed by atoms with Crippen LogP contribution in [0.15, 0.2) is 90.1 Å². The summed E-state index contributed by atoms with van der Waals surface area (Å²) in [6.45, 7) is 2.10. The second-order valence-electron chi connectivity index (χ2n) is 11.2. The van der Waals surface area contributed by atoms with E-state index in [1.165, 1.54) is 6.26 Å². The second-order valence-corrected chi connectivity index (χ2v) is 13.3. The lowest BCUT2D eigenvalue weighted by Crippen LogP contribution is -2.51. The number of rotatable bonds is 6. The molecule has 0 saturated heterocycles. The predicted octanol–water partition coefficient (Wildman–Crippen LogP) is 3.09. The summed E-state index contributed by atoms with van der Waals surface area (Å²) in [6, 6.07) is 21.1. The molecule has 2 N–H and O–H groups in total. The molecule has 0 aliphatic carbocycles. The van der Waals surface area contributed by atoms with Crippen LogP contribution in [0.1, 0.15) is 17.5 Å². The zero-order valence-electron chi connectivity index (χ0n) is 26.0. The van der Waals surface area contributed by atoms with E-state index in [1.807, 2.05) is 64.2 Å². The topological polar surface area (TPSA) is 132 Å². The lowest BCUT2D eigenvalue weighted by molar-refractivity contribution is -0.129. The van der Waals surface area contributed by atoms with Crippen molar-refractivity contribution in [1.82, 2.24) is 25.1 Å². The number of amides is 2. The van der Waals surface area contributed by atoms with E-state index in [2.05, 4.69) is 15.6 Å². The number of nitrogens with zero attached hydrogens (tertiary/aromatic N) is 3. The van der Waals surface area contributed by atoms with Crippen molar-refractivity contribution >= 4 is 21.7 Å². The standard InChI is InChI=1S/C34H39N5O6S/c1-44-30-14-11-27-22-31(30)45-20-6-17-38(23-26-9-12-28(13-10-26)46(2,42)43)24-32(40)37-29(21-25-7-4-3-5-8-25)34(41)36-16-19-39-18-15-35-33(27)39/h3-5,7-15,18,22,29H,6,16-17,19-21,23-24H2,1-2H3,(H,36,41)(H,37,40)/t29-/m0/s1. The minimum absolute atomic E-state index is 0.0313. The van der Waals surface area contributed by atoms with Crippen molar-refractivity contribution in [2.24, 2.45) is 0 Å². The molecule has 1 atom stereocenters. The molecule has 2 amide bonds. The van der Waals surface area contributed by atoms with Gasteiger partial charge in [-0.05, 0) is 47.9 Å². The van der Waals surface area contributed by atoms with Gasteiger partial charge in [0.05, 0.1) is 25.2 Å². The number of hydrogen-bond donors (Lipinski definition) is 2. The van der Waals surface area contributed by atoms with Crippen LogP contribution in [-0.2, 0) is 38.9 Å². The molecule has 1 aliphatic heterocycles. The van der Waals surface area contributed by atoms with Crippen molar-refractivity contribution in [2.75, 3.05) is 39.6 Å². The molecule has 11 nitrogen and oxygen atoms in total. The number of benzene rings is 3. The maximum atomic E-state index is 13.5. The van der Waals surface area contributed by atoms with Crippen LogP contribution in [0.4, 0.5) is 0 Å². The second kappa shape index (κ2) is 15.1. The van der Waals surface area contributed by atoms with Crippen LogP contribution in [0.25, 0.3) is 11.4 Å². The fraction of sp³-hybridized carbons (Fsp3) is 0.324. The molecule has 0 unspecified atom stereocenters. The van der Waals surface area contributed by atoms with Crippen molar-refractivity contribution < 1.29 is 27.5 Å². The summed E-state index contributed by atoms with van der Waals surface area (Å²) >= 11 is 0. The summed E-state index contributed by atoms with van der Waals surface area (Å²) in [7, 11) is -1.74. The third-order valence-electron chi connectivity index (χ3n) is 7.72. The van der Waals surface area contributed by atoms with Gasteiger partial charge in [0.15, 0.2) is 21.3 Å². The van der Waals surface area contributed by atoms with Gasteiger partial charge in [-0.15, -0.1) is 0 Å². The molecule has 12 heteroatoms. The van der Waals surface area contributed by atoms with Crippen molar-refractivity contribution in [3.05, 3.63) is 96.3 Å². The molecule has 5 rings (SSSR count). The number of ether oxygens (including phenoxy) is 2. The van der Waals surface area contributed by atoms with Gasteiger partial charge in [-0.2, -0.15) is 0 Å². The summed E-state index contributed by atoms with van der Waals surface area (Å²) in [5, 5.41) is 5.95. The maximum Gasteiger partial charge on any atom is 0.242 e. The number of fused-ring (bicyclic) bond motifs is 4. The van der Waals surface area contributed by atoms with Crippen LogP contribution in [0, 0.1) is 0 Å². The summed E-state index contributed by atoms with van der Waals surface area (Å²) in [6.07, 6.45) is 5.67. The zero-order valence-corrected chi connectivity index (χ0v) is 26.8. The Morgan fingerprint density at radius 1 is 1.00 bits per heavy atom. The van der Waals surface area contributed by atoms with Crippen molar-refractivity contribution in [3.63, 3.8) is 0 Å². The average molecular weight is 646 g/mol. The highest BCUT2D eigenvalue weighted by Crippen LogP contribution is 2.32. The first kappa shape index (κ1) is 32.7. The quantitative estimate of drug-likeness (QED) is 0.327. The Bertz CT molecular complexity index is 1740. The molecular weight excluding hydrogens is 606 g/mol. The van der Waals surface area contributed by atoms with Crippen molar-refractivity contribution in [3.8, 4) is 22.9 Å². The van der Waals surface area contributed by atoms with Crippen LogP contribution >= 0.6 is 0 Å². The van der Waals surface area contributed by atoms with Crippen molar-refractivity contribution in [2.45, 2.75) is 36.9 Å².